The van der Waals surface area contributed by atoms with Crippen LogP contribution in [0.4, 0.5) is 0 Å². The maximum Gasteiger partial charge on any atom is 0.323 e. The maximum atomic E-state index is 12.6. The molecule has 3 aromatic rings. The van der Waals surface area contributed by atoms with Crippen LogP contribution in [0.25, 0.3) is 0 Å². The molecule has 2 heterocycles. The van der Waals surface area contributed by atoms with Gasteiger partial charge in [0.25, 0.3) is 0 Å². The van der Waals surface area contributed by atoms with Crippen LogP contribution in [0.15, 0.2) is 67.1 Å². The number of carbonyl (C=O) groups excluding carboxylic acids is 1. The first kappa shape index (κ1) is 17.8. The Kier molecular flexibility index (Phi) is 6.11. The Hall–Kier alpha value is -2.99. The molecule has 6 heteroatoms. The van der Waals surface area contributed by atoms with Crippen LogP contribution in [-0.4, -0.2) is 26.5 Å². The van der Waals surface area contributed by atoms with Gasteiger partial charge in [0.2, 0.25) is 0 Å². The minimum Gasteiger partial charge on any atom is -0.460 e. The SMILES string of the molecule is Cn1ccnc1CC(NCc1ccccn1)C(=O)OCc1ccccc1. The lowest BCUT2D eigenvalue weighted by Crippen LogP contribution is -2.40. The van der Waals surface area contributed by atoms with E-state index in [0.29, 0.717) is 13.0 Å². The summed E-state index contributed by atoms with van der Waals surface area (Å²) in [7, 11) is 1.91. The van der Waals surface area contributed by atoms with Gasteiger partial charge in [0.1, 0.15) is 18.5 Å². The molecule has 0 bridgehead atoms. The van der Waals surface area contributed by atoms with E-state index in [-0.39, 0.29) is 12.6 Å². The van der Waals surface area contributed by atoms with E-state index in [4.69, 9.17) is 4.74 Å². The van der Waals surface area contributed by atoms with Crippen LogP contribution in [-0.2, 0) is 36.2 Å². The average Bonchev–Trinajstić information content (AvgIpc) is 3.09. The largest absolute Gasteiger partial charge is 0.460 e. The van der Waals surface area contributed by atoms with Gasteiger partial charge in [0.15, 0.2) is 0 Å². The number of rotatable bonds is 8. The molecule has 2 aromatic heterocycles. The first-order valence-corrected chi connectivity index (χ1v) is 8.52. The van der Waals surface area contributed by atoms with Crippen LogP contribution in [0.5, 0.6) is 0 Å². The summed E-state index contributed by atoms with van der Waals surface area (Å²) in [5.74, 6) is 0.521. The molecule has 0 fully saturated rings. The monoisotopic (exact) mass is 350 g/mol. The highest BCUT2D eigenvalue weighted by Crippen LogP contribution is 2.07. The zero-order valence-corrected chi connectivity index (χ0v) is 14.7. The number of nitrogens with one attached hydrogen (secondary N) is 1. The summed E-state index contributed by atoms with van der Waals surface area (Å²) >= 11 is 0. The van der Waals surface area contributed by atoms with Gasteiger partial charge >= 0.3 is 5.97 Å². The van der Waals surface area contributed by atoms with E-state index < -0.39 is 6.04 Å². The lowest BCUT2D eigenvalue weighted by molar-refractivity contribution is -0.147. The van der Waals surface area contributed by atoms with Crippen molar-refractivity contribution in [3.05, 3.63) is 84.2 Å². The Morgan fingerprint density at radius 3 is 2.62 bits per heavy atom. The molecule has 3 rings (SSSR count). The molecule has 1 N–H and O–H groups in total. The standard InChI is InChI=1S/C20H22N4O2/c1-24-12-11-22-19(24)13-18(23-14-17-9-5-6-10-21-17)20(25)26-15-16-7-3-2-4-8-16/h2-12,18,23H,13-15H2,1H3. The van der Waals surface area contributed by atoms with Crippen molar-refractivity contribution in [1.82, 2.24) is 19.9 Å². The molecule has 0 saturated carbocycles. The maximum absolute atomic E-state index is 12.6. The lowest BCUT2D eigenvalue weighted by Gasteiger charge is -2.17. The van der Waals surface area contributed by atoms with Gasteiger partial charge in [-0.05, 0) is 17.7 Å². The molecule has 0 spiro atoms. The smallest absolute Gasteiger partial charge is 0.323 e. The summed E-state index contributed by atoms with van der Waals surface area (Å²) in [6, 6.07) is 14.9. The lowest BCUT2D eigenvalue weighted by atomic mass is 10.2. The fourth-order valence-corrected chi connectivity index (χ4v) is 2.57. The molecule has 6 nitrogen and oxygen atoms in total. The van der Waals surface area contributed by atoms with Gasteiger partial charge in [0, 0.05) is 38.6 Å². The number of benzene rings is 1. The third kappa shape index (κ3) is 5.00. The molecule has 1 aromatic carbocycles. The second-order valence-electron chi connectivity index (χ2n) is 6.01. The van der Waals surface area contributed by atoms with Crippen LogP contribution in [0.2, 0.25) is 0 Å². The highest BCUT2D eigenvalue weighted by Gasteiger charge is 2.22. The van der Waals surface area contributed by atoms with Gasteiger partial charge in [-0.3, -0.25) is 15.1 Å². The molecule has 0 aliphatic heterocycles. The fraction of sp³-hybridized carbons (Fsp3) is 0.250. The predicted molar refractivity (Wildman–Crippen MR) is 98.0 cm³/mol. The summed E-state index contributed by atoms with van der Waals surface area (Å²) in [6.07, 6.45) is 5.77. The summed E-state index contributed by atoms with van der Waals surface area (Å²) < 4.78 is 7.41. The molecule has 1 unspecified atom stereocenters. The summed E-state index contributed by atoms with van der Waals surface area (Å²) in [4.78, 5) is 21.2. The van der Waals surface area contributed by atoms with E-state index in [2.05, 4.69) is 15.3 Å². The third-order valence-electron chi connectivity index (χ3n) is 4.07. The molecule has 0 amide bonds. The van der Waals surface area contributed by atoms with Gasteiger partial charge < -0.3 is 9.30 Å². The third-order valence-corrected chi connectivity index (χ3v) is 4.07. The molecule has 0 radical (unpaired) electrons. The molecule has 26 heavy (non-hydrogen) atoms. The first-order valence-electron chi connectivity index (χ1n) is 8.52. The molecule has 1 atom stereocenters. The molecule has 134 valence electrons. The van der Waals surface area contributed by atoms with Crippen LogP contribution >= 0.6 is 0 Å². The van der Waals surface area contributed by atoms with Crippen molar-refractivity contribution in [3.8, 4) is 0 Å². The summed E-state index contributed by atoms with van der Waals surface area (Å²) in [6.45, 7) is 0.734. The average molecular weight is 350 g/mol. The van der Waals surface area contributed by atoms with Crippen molar-refractivity contribution in [3.63, 3.8) is 0 Å². The number of aromatic nitrogens is 3. The molecule has 0 aliphatic rings. The number of esters is 1. The second kappa shape index (κ2) is 8.92. The number of imidazole rings is 1. The molecular weight excluding hydrogens is 328 g/mol. The first-order chi connectivity index (χ1) is 12.7. The van der Waals surface area contributed by atoms with E-state index in [1.54, 1.807) is 12.4 Å². The van der Waals surface area contributed by atoms with Crippen molar-refractivity contribution in [2.45, 2.75) is 25.6 Å². The van der Waals surface area contributed by atoms with E-state index in [1.165, 1.54) is 0 Å². The Bertz CT molecular complexity index is 818. The van der Waals surface area contributed by atoms with E-state index in [9.17, 15) is 4.79 Å². The highest BCUT2D eigenvalue weighted by molar-refractivity contribution is 5.76. The van der Waals surface area contributed by atoms with Crippen molar-refractivity contribution in [1.29, 1.82) is 0 Å². The minimum atomic E-state index is -0.498. The predicted octanol–water partition coefficient (Wildman–Crippen LogP) is 2.26. The number of carbonyl (C=O) groups is 1. The van der Waals surface area contributed by atoms with E-state index >= 15 is 0 Å². The minimum absolute atomic E-state index is 0.252. The van der Waals surface area contributed by atoms with Crippen LogP contribution in [0.1, 0.15) is 17.1 Å². The molecular formula is C20H22N4O2. The van der Waals surface area contributed by atoms with Crippen molar-refractivity contribution < 1.29 is 9.53 Å². The summed E-state index contributed by atoms with van der Waals surface area (Å²) in [5, 5.41) is 3.25. The van der Waals surface area contributed by atoms with Crippen molar-refractivity contribution >= 4 is 5.97 Å². The Morgan fingerprint density at radius 1 is 1.12 bits per heavy atom. The quantitative estimate of drug-likeness (QED) is 0.631. The van der Waals surface area contributed by atoms with Crippen molar-refractivity contribution in [2.24, 2.45) is 7.05 Å². The summed E-state index contributed by atoms with van der Waals surface area (Å²) in [5.41, 5.74) is 1.83. The number of hydrogen-bond donors (Lipinski definition) is 1. The number of pyridine rings is 1. The molecule has 0 aliphatic carbocycles. The van der Waals surface area contributed by atoms with E-state index in [0.717, 1.165) is 17.1 Å². The van der Waals surface area contributed by atoms with Gasteiger partial charge in [0.05, 0.1) is 5.69 Å². The highest BCUT2D eigenvalue weighted by atomic mass is 16.5. The van der Waals surface area contributed by atoms with Gasteiger partial charge in [-0.25, -0.2) is 4.98 Å². The Labute approximate surface area is 152 Å². The fourth-order valence-electron chi connectivity index (χ4n) is 2.57. The van der Waals surface area contributed by atoms with Gasteiger partial charge in [-0.15, -0.1) is 0 Å². The van der Waals surface area contributed by atoms with Crippen LogP contribution in [0.3, 0.4) is 0 Å². The molecule has 0 saturated heterocycles. The van der Waals surface area contributed by atoms with Gasteiger partial charge in [-0.1, -0.05) is 36.4 Å². The van der Waals surface area contributed by atoms with Crippen LogP contribution in [0, 0.1) is 0 Å². The normalized spacial score (nSPS) is 11.9. The Morgan fingerprint density at radius 2 is 1.92 bits per heavy atom. The van der Waals surface area contributed by atoms with E-state index in [1.807, 2.05) is 66.3 Å². The van der Waals surface area contributed by atoms with Crippen molar-refractivity contribution in [2.75, 3.05) is 0 Å². The Balaban J connectivity index is 1.64. The van der Waals surface area contributed by atoms with Crippen LogP contribution < -0.4 is 5.32 Å². The topological polar surface area (TPSA) is 69.0 Å². The number of ether oxygens (including phenoxy) is 1. The zero-order valence-electron chi connectivity index (χ0n) is 14.7. The number of nitrogens with zero attached hydrogens (tertiary/aromatic N) is 3. The number of aryl methyl sites for hydroxylation is 1. The van der Waals surface area contributed by atoms with Gasteiger partial charge in [-0.2, -0.15) is 0 Å². The second-order valence-corrected chi connectivity index (χ2v) is 6.01. The number of hydrogen-bond acceptors (Lipinski definition) is 5. The zero-order chi connectivity index (χ0) is 18.2.